The summed E-state index contributed by atoms with van der Waals surface area (Å²) < 4.78 is 0. The lowest BCUT2D eigenvalue weighted by atomic mass is 9.96. The molecule has 0 aliphatic rings. The van der Waals surface area contributed by atoms with Gasteiger partial charge in [-0.1, -0.05) is 36.4 Å². The molecule has 2 aromatic carbocycles. The molecule has 0 bridgehead atoms. The summed E-state index contributed by atoms with van der Waals surface area (Å²) in [5.74, 6) is -0.0780. The molecule has 0 saturated carbocycles. The quantitative estimate of drug-likeness (QED) is 0.720. The zero-order valence-electron chi connectivity index (χ0n) is 10.8. The van der Waals surface area contributed by atoms with Crippen LogP contribution in [0.25, 0.3) is 0 Å². The van der Waals surface area contributed by atoms with Crippen molar-refractivity contribution in [3.05, 3.63) is 59.2 Å². The van der Waals surface area contributed by atoms with Gasteiger partial charge in [-0.3, -0.25) is 0 Å². The predicted octanol–water partition coefficient (Wildman–Crippen LogP) is 2.38. The number of phenolic OH excluding ortho intramolecular Hbond substituents is 2. The fourth-order valence-corrected chi connectivity index (χ4v) is 2.25. The van der Waals surface area contributed by atoms with Gasteiger partial charge in [0, 0.05) is 5.56 Å². The maximum absolute atomic E-state index is 9.99. The van der Waals surface area contributed by atoms with Crippen LogP contribution in [0.1, 0.15) is 16.7 Å². The van der Waals surface area contributed by atoms with Gasteiger partial charge in [-0.25, -0.2) is 0 Å². The van der Waals surface area contributed by atoms with Crippen molar-refractivity contribution in [3.8, 4) is 11.5 Å². The van der Waals surface area contributed by atoms with Gasteiger partial charge in [0.1, 0.15) is 0 Å². The maximum atomic E-state index is 9.99. The van der Waals surface area contributed by atoms with E-state index in [4.69, 9.17) is 5.73 Å². The molecule has 0 heterocycles. The van der Waals surface area contributed by atoms with E-state index in [2.05, 4.69) is 12.1 Å². The number of hydrogen-bond acceptors (Lipinski definition) is 3. The van der Waals surface area contributed by atoms with Crippen LogP contribution in [0, 0.1) is 0 Å². The Kier molecular flexibility index (Phi) is 4.42. The minimum absolute atomic E-state index is 0.0121. The lowest BCUT2D eigenvalue weighted by Crippen LogP contribution is -2.06. The Hall–Kier alpha value is -2.00. The van der Waals surface area contributed by atoms with Gasteiger partial charge in [-0.15, -0.1) is 0 Å². The smallest absolute Gasteiger partial charge is 0.160 e. The summed E-state index contributed by atoms with van der Waals surface area (Å²) in [6, 6.07) is 13.4. The SMILES string of the molecule is NCCc1ccc(O)c(O)c1CCc1ccccc1. The van der Waals surface area contributed by atoms with E-state index in [0.29, 0.717) is 19.4 Å². The van der Waals surface area contributed by atoms with Crippen molar-refractivity contribution in [2.24, 2.45) is 5.73 Å². The average Bonchev–Trinajstić information content (AvgIpc) is 2.44. The molecule has 0 saturated heterocycles. The number of phenols is 2. The molecule has 0 aliphatic carbocycles. The standard InChI is InChI=1S/C16H19NO2/c17-11-10-13-7-9-15(18)16(19)14(13)8-6-12-4-2-1-3-5-12/h1-5,7,9,18-19H,6,8,10-11,17H2. The highest BCUT2D eigenvalue weighted by Crippen LogP contribution is 2.32. The lowest BCUT2D eigenvalue weighted by molar-refractivity contribution is 0.398. The van der Waals surface area contributed by atoms with Crippen molar-refractivity contribution >= 4 is 0 Å². The zero-order valence-corrected chi connectivity index (χ0v) is 10.8. The first-order valence-corrected chi connectivity index (χ1v) is 6.49. The largest absolute Gasteiger partial charge is 0.504 e. The van der Waals surface area contributed by atoms with Gasteiger partial charge in [0.05, 0.1) is 0 Å². The molecule has 0 radical (unpaired) electrons. The summed E-state index contributed by atoms with van der Waals surface area (Å²) in [5, 5.41) is 19.6. The number of hydrogen-bond donors (Lipinski definition) is 3. The summed E-state index contributed by atoms with van der Waals surface area (Å²) in [4.78, 5) is 0. The molecule has 0 fully saturated rings. The van der Waals surface area contributed by atoms with Gasteiger partial charge in [0.15, 0.2) is 11.5 Å². The van der Waals surface area contributed by atoms with Gasteiger partial charge in [-0.05, 0) is 43.0 Å². The van der Waals surface area contributed by atoms with E-state index in [0.717, 1.165) is 17.5 Å². The molecular weight excluding hydrogens is 238 g/mol. The number of aryl methyl sites for hydroxylation is 1. The molecular formula is C16H19NO2. The Morgan fingerprint density at radius 1 is 0.842 bits per heavy atom. The van der Waals surface area contributed by atoms with Gasteiger partial charge >= 0.3 is 0 Å². The molecule has 3 nitrogen and oxygen atoms in total. The molecule has 4 N–H and O–H groups in total. The Morgan fingerprint density at radius 3 is 2.26 bits per heavy atom. The average molecular weight is 257 g/mol. The molecule has 0 atom stereocenters. The summed E-state index contributed by atoms with van der Waals surface area (Å²) in [6.07, 6.45) is 2.23. The number of benzene rings is 2. The molecule has 0 amide bonds. The summed E-state index contributed by atoms with van der Waals surface area (Å²) >= 11 is 0. The molecule has 3 heteroatoms. The Balaban J connectivity index is 2.20. The minimum Gasteiger partial charge on any atom is -0.504 e. The second-order valence-electron chi connectivity index (χ2n) is 4.60. The van der Waals surface area contributed by atoms with Crippen LogP contribution in [0.3, 0.4) is 0 Å². The van der Waals surface area contributed by atoms with Gasteiger partial charge in [0.2, 0.25) is 0 Å². The predicted molar refractivity (Wildman–Crippen MR) is 76.4 cm³/mol. The first-order chi connectivity index (χ1) is 9.22. The van der Waals surface area contributed by atoms with Crippen molar-refractivity contribution in [3.63, 3.8) is 0 Å². The van der Waals surface area contributed by atoms with Crippen molar-refractivity contribution in [1.29, 1.82) is 0 Å². The molecule has 100 valence electrons. The lowest BCUT2D eigenvalue weighted by Gasteiger charge is -2.12. The van der Waals surface area contributed by atoms with Crippen LogP contribution < -0.4 is 5.73 Å². The Labute approximate surface area is 113 Å². The summed E-state index contributed by atoms with van der Waals surface area (Å²) in [5.41, 5.74) is 8.60. The fourth-order valence-electron chi connectivity index (χ4n) is 2.25. The van der Waals surface area contributed by atoms with Crippen molar-refractivity contribution < 1.29 is 10.2 Å². The zero-order chi connectivity index (χ0) is 13.7. The van der Waals surface area contributed by atoms with Gasteiger partial charge < -0.3 is 15.9 Å². The third kappa shape index (κ3) is 3.26. The van der Waals surface area contributed by atoms with Gasteiger partial charge in [-0.2, -0.15) is 0 Å². The number of nitrogens with two attached hydrogens (primary N) is 1. The fraction of sp³-hybridized carbons (Fsp3) is 0.250. The number of aromatic hydroxyl groups is 2. The van der Waals surface area contributed by atoms with E-state index in [1.165, 1.54) is 11.6 Å². The van der Waals surface area contributed by atoms with E-state index in [9.17, 15) is 10.2 Å². The normalized spacial score (nSPS) is 10.6. The van der Waals surface area contributed by atoms with Crippen LogP contribution in [0.5, 0.6) is 11.5 Å². The molecule has 2 aromatic rings. The monoisotopic (exact) mass is 257 g/mol. The van der Waals surface area contributed by atoms with E-state index in [1.807, 2.05) is 24.3 Å². The first-order valence-electron chi connectivity index (χ1n) is 6.49. The van der Waals surface area contributed by atoms with Crippen LogP contribution in [0.2, 0.25) is 0 Å². The maximum Gasteiger partial charge on any atom is 0.160 e. The highest BCUT2D eigenvalue weighted by Gasteiger charge is 2.11. The highest BCUT2D eigenvalue weighted by atomic mass is 16.3. The van der Waals surface area contributed by atoms with E-state index in [1.54, 1.807) is 0 Å². The van der Waals surface area contributed by atoms with E-state index in [-0.39, 0.29) is 11.5 Å². The van der Waals surface area contributed by atoms with Crippen molar-refractivity contribution in [1.82, 2.24) is 0 Å². The molecule has 2 rings (SSSR count). The molecule has 0 spiro atoms. The Bertz CT molecular complexity index is 538. The molecule has 0 unspecified atom stereocenters. The third-order valence-corrected chi connectivity index (χ3v) is 3.28. The van der Waals surface area contributed by atoms with Crippen LogP contribution >= 0.6 is 0 Å². The second kappa shape index (κ2) is 6.25. The second-order valence-corrected chi connectivity index (χ2v) is 4.60. The number of rotatable bonds is 5. The van der Waals surface area contributed by atoms with Crippen LogP contribution in [-0.4, -0.2) is 16.8 Å². The molecule has 19 heavy (non-hydrogen) atoms. The molecule has 0 aliphatic heterocycles. The topological polar surface area (TPSA) is 66.5 Å². The van der Waals surface area contributed by atoms with Crippen molar-refractivity contribution in [2.45, 2.75) is 19.3 Å². The van der Waals surface area contributed by atoms with Crippen molar-refractivity contribution in [2.75, 3.05) is 6.54 Å². The minimum atomic E-state index is -0.0659. The third-order valence-electron chi connectivity index (χ3n) is 3.28. The van der Waals surface area contributed by atoms with E-state index >= 15 is 0 Å². The Morgan fingerprint density at radius 2 is 1.58 bits per heavy atom. The van der Waals surface area contributed by atoms with Crippen LogP contribution in [0.15, 0.2) is 42.5 Å². The summed E-state index contributed by atoms with van der Waals surface area (Å²) in [6.45, 7) is 0.530. The highest BCUT2D eigenvalue weighted by molar-refractivity contribution is 5.49. The van der Waals surface area contributed by atoms with E-state index < -0.39 is 0 Å². The summed E-state index contributed by atoms with van der Waals surface area (Å²) in [7, 11) is 0. The first kappa shape index (κ1) is 13.4. The van der Waals surface area contributed by atoms with Crippen LogP contribution in [-0.2, 0) is 19.3 Å². The van der Waals surface area contributed by atoms with Crippen LogP contribution in [0.4, 0.5) is 0 Å². The molecule has 0 aromatic heterocycles. The van der Waals surface area contributed by atoms with Gasteiger partial charge in [0.25, 0.3) is 0 Å².